The van der Waals surface area contributed by atoms with Crippen molar-refractivity contribution in [2.75, 3.05) is 43.9 Å². The zero-order valence-corrected chi connectivity index (χ0v) is 12.9. The predicted octanol–water partition coefficient (Wildman–Crippen LogP) is 2.42. The number of hydrogen-bond donors (Lipinski definition) is 2. The Balaban J connectivity index is 1.64. The number of benzene rings is 1. The quantitative estimate of drug-likeness (QED) is 0.900. The van der Waals surface area contributed by atoms with Gasteiger partial charge in [0.15, 0.2) is 6.61 Å². The number of carbonyl (C=O) groups is 1. The Morgan fingerprint density at radius 3 is 2.95 bits per heavy atom. The summed E-state index contributed by atoms with van der Waals surface area (Å²) in [4.78, 5) is 13.6. The first kappa shape index (κ1) is 14.5. The molecule has 0 bridgehead atoms. The summed E-state index contributed by atoms with van der Waals surface area (Å²) in [5.41, 5.74) is 1.51. The maximum absolute atomic E-state index is 11.3. The van der Waals surface area contributed by atoms with E-state index in [-0.39, 0.29) is 12.5 Å². The zero-order chi connectivity index (χ0) is 14.8. The summed E-state index contributed by atoms with van der Waals surface area (Å²) in [6, 6.07) is 3.61. The van der Waals surface area contributed by atoms with Gasteiger partial charge in [-0.2, -0.15) is 0 Å². The Morgan fingerprint density at radius 1 is 1.43 bits per heavy atom. The third kappa shape index (κ3) is 3.41. The summed E-state index contributed by atoms with van der Waals surface area (Å²) < 4.78 is 5.42. The van der Waals surface area contributed by atoms with Crippen LogP contribution in [0.4, 0.5) is 11.4 Å². The monoisotopic (exact) mass is 309 g/mol. The van der Waals surface area contributed by atoms with Gasteiger partial charge in [-0.05, 0) is 45.0 Å². The third-order valence-electron chi connectivity index (χ3n) is 4.12. The van der Waals surface area contributed by atoms with Crippen LogP contribution in [0.25, 0.3) is 0 Å². The van der Waals surface area contributed by atoms with E-state index in [2.05, 4.69) is 22.6 Å². The molecule has 1 fully saturated rings. The number of carbonyl (C=O) groups excluding carboxylic acids is 1. The van der Waals surface area contributed by atoms with Crippen LogP contribution in [0.2, 0.25) is 5.02 Å². The summed E-state index contributed by atoms with van der Waals surface area (Å²) in [7, 11) is 2.16. The van der Waals surface area contributed by atoms with E-state index in [0.29, 0.717) is 22.4 Å². The fourth-order valence-corrected chi connectivity index (χ4v) is 2.99. The van der Waals surface area contributed by atoms with Crippen LogP contribution in [-0.2, 0) is 4.79 Å². The lowest BCUT2D eigenvalue weighted by molar-refractivity contribution is -0.118. The number of likely N-dealkylation sites (tertiary alicyclic amines) is 1. The minimum absolute atomic E-state index is 0.0586. The summed E-state index contributed by atoms with van der Waals surface area (Å²) in [5, 5.41) is 6.78. The Morgan fingerprint density at radius 2 is 2.19 bits per heavy atom. The smallest absolute Gasteiger partial charge is 0.262 e. The maximum Gasteiger partial charge on any atom is 0.262 e. The molecule has 5 nitrogen and oxygen atoms in total. The number of halogens is 1. The minimum atomic E-state index is -0.148. The summed E-state index contributed by atoms with van der Waals surface area (Å²) >= 11 is 6.27. The number of anilines is 2. The van der Waals surface area contributed by atoms with Crippen molar-refractivity contribution in [1.82, 2.24) is 4.90 Å². The first-order valence-corrected chi connectivity index (χ1v) is 7.68. The molecule has 2 N–H and O–H groups in total. The second-order valence-corrected chi connectivity index (χ2v) is 6.20. The maximum atomic E-state index is 11.3. The average molecular weight is 310 g/mol. The molecule has 1 aromatic carbocycles. The molecule has 2 aliphatic heterocycles. The predicted molar refractivity (Wildman–Crippen MR) is 84.3 cm³/mol. The molecule has 114 valence electrons. The van der Waals surface area contributed by atoms with Gasteiger partial charge < -0.3 is 20.3 Å². The molecule has 1 saturated heterocycles. The highest BCUT2D eigenvalue weighted by atomic mass is 35.5. The summed E-state index contributed by atoms with van der Waals surface area (Å²) in [6.45, 7) is 3.28. The molecule has 0 radical (unpaired) electrons. The molecule has 0 spiro atoms. The van der Waals surface area contributed by atoms with Crippen molar-refractivity contribution >= 4 is 28.9 Å². The molecule has 0 aromatic heterocycles. The molecule has 6 heteroatoms. The largest absolute Gasteiger partial charge is 0.482 e. The molecule has 3 rings (SSSR count). The molecule has 0 unspecified atom stereocenters. The van der Waals surface area contributed by atoms with Gasteiger partial charge in [0.1, 0.15) is 5.75 Å². The lowest BCUT2D eigenvalue weighted by Crippen LogP contribution is -2.33. The fraction of sp³-hybridized carbons (Fsp3) is 0.533. The Labute approximate surface area is 129 Å². The molecular formula is C15H20ClN3O2. The van der Waals surface area contributed by atoms with Gasteiger partial charge in [-0.25, -0.2) is 0 Å². The van der Waals surface area contributed by atoms with Crippen molar-refractivity contribution in [2.45, 2.75) is 12.8 Å². The third-order valence-corrected chi connectivity index (χ3v) is 4.43. The number of hydrogen-bond acceptors (Lipinski definition) is 4. The van der Waals surface area contributed by atoms with Gasteiger partial charge in [-0.3, -0.25) is 4.79 Å². The molecule has 2 heterocycles. The van der Waals surface area contributed by atoms with Crippen LogP contribution < -0.4 is 15.4 Å². The minimum Gasteiger partial charge on any atom is -0.482 e. The standard InChI is InChI=1S/C15H20ClN3O2/c1-19-4-2-10(3-5-19)8-17-12-7-14-13(6-11(12)16)18-15(20)9-21-14/h6-7,10,17H,2-5,8-9H2,1H3,(H,18,20). The molecule has 1 aromatic rings. The number of nitrogens with zero attached hydrogens (tertiary/aromatic N) is 1. The zero-order valence-electron chi connectivity index (χ0n) is 12.1. The van der Waals surface area contributed by atoms with Crippen LogP contribution in [0.1, 0.15) is 12.8 Å². The SMILES string of the molecule is CN1CCC(CNc2cc3c(cc2Cl)NC(=O)CO3)CC1. The van der Waals surface area contributed by atoms with Gasteiger partial charge in [0.05, 0.1) is 16.4 Å². The van der Waals surface area contributed by atoms with Crippen molar-refractivity contribution in [3.63, 3.8) is 0 Å². The Kier molecular flexibility index (Phi) is 4.22. The van der Waals surface area contributed by atoms with E-state index in [9.17, 15) is 4.79 Å². The normalized spacial score (nSPS) is 19.6. The van der Waals surface area contributed by atoms with Crippen LogP contribution >= 0.6 is 11.6 Å². The number of fused-ring (bicyclic) bond motifs is 1. The highest BCUT2D eigenvalue weighted by Gasteiger charge is 2.20. The van der Waals surface area contributed by atoms with Crippen LogP contribution in [-0.4, -0.2) is 44.1 Å². The molecular weight excluding hydrogens is 290 g/mol. The lowest BCUT2D eigenvalue weighted by atomic mass is 9.97. The first-order chi connectivity index (χ1) is 10.1. The number of nitrogens with one attached hydrogen (secondary N) is 2. The molecule has 0 aliphatic carbocycles. The van der Waals surface area contributed by atoms with Gasteiger partial charge >= 0.3 is 0 Å². The van der Waals surface area contributed by atoms with Gasteiger partial charge in [-0.15, -0.1) is 0 Å². The van der Waals surface area contributed by atoms with Crippen molar-refractivity contribution in [3.05, 3.63) is 17.2 Å². The first-order valence-electron chi connectivity index (χ1n) is 7.30. The van der Waals surface area contributed by atoms with Crippen molar-refractivity contribution in [3.8, 4) is 5.75 Å². The van der Waals surface area contributed by atoms with Crippen molar-refractivity contribution < 1.29 is 9.53 Å². The number of ether oxygens (including phenoxy) is 1. The highest BCUT2D eigenvalue weighted by Crippen LogP contribution is 2.36. The van der Waals surface area contributed by atoms with E-state index < -0.39 is 0 Å². The number of rotatable bonds is 3. The van der Waals surface area contributed by atoms with E-state index in [1.165, 1.54) is 12.8 Å². The van der Waals surface area contributed by atoms with Crippen LogP contribution in [0.15, 0.2) is 12.1 Å². The van der Waals surface area contributed by atoms with Crippen LogP contribution in [0, 0.1) is 5.92 Å². The van der Waals surface area contributed by atoms with Crippen molar-refractivity contribution in [1.29, 1.82) is 0 Å². The average Bonchev–Trinajstić information content (AvgIpc) is 2.47. The van der Waals surface area contributed by atoms with E-state index in [1.807, 2.05) is 6.07 Å². The second-order valence-electron chi connectivity index (χ2n) is 5.79. The van der Waals surface area contributed by atoms with Gasteiger partial charge in [0.2, 0.25) is 0 Å². The molecule has 1 amide bonds. The Hall–Kier alpha value is -1.46. The van der Waals surface area contributed by atoms with Gasteiger partial charge in [0, 0.05) is 12.6 Å². The van der Waals surface area contributed by atoms with E-state index >= 15 is 0 Å². The number of amides is 1. The second kappa shape index (κ2) is 6.12. The number of piperidine rings is 1. The van der Waals surface area contributed by atoms with Crippen LogP contribution in [0.5, 0.6) is 5.75 Å². The molecule has 2 aliphatic rings. The molecule has 0 atom stereocenters. The lowest BCUT2D eigenvalue weighted by Gasteiger charge is -2.29. The van der Waals surface area contributed by atoms with Gasteiger partial charge in [0.25, 0.3) is 5.91 Å². The van der Waals surface area contributed by atoms with Crippen molar-refractivity contribution in [2.24, 2.45) is 5.92 Å². The van der Waals surface area contributed by atoms with E-state index in [1.54, 1.807) is 6.07 Å². The van der Waals surface area contributed by atoms with E-state index in [4.69, 9.17) is 16.3 Å². The Bertz CT molecular complexity index is 542. The molecule has 0 saturated carbocycles. The van der Waals surface area contributed by atoms with Gasteiger partial charge in [-0.1, -0.05) is 11.6 Å². The fourth-order valence-electron chi connectivity index (χ4n) is 2.76. The topological polar surface area (TPSA) is 53.6 Å². The summed E-state index contributed by atoms with van der Waals surface area (Å²) in [5.74, 6) is 1.20. The summed E-state index contributed by atoms with van der Waals surface area (Å²) in [6.07, 6.45) is 2.41. The van der Waals surface area contributed by atoms with E-state index in [0.717, 1.165) is 25.3 Å². The van der Waals surface area contributed by atoms with Crippen LogP contribution in [0.3, 0.4) is 0 Å². The molecule has 21 heavy (non-hydrogen) atoms. The highest BCUT2D eigenvalue weighted by molar-refractivity contribution is 6.33.